The summed E-state index contributed by atoms with van der Waals surface area (Å²) in [6.07, 6.45) is 0.895. The quantitative estimate of drug-likeness (QED) is 0.591. The first-order chi connectivity index (χ1) is 11.7. The maximum Gasteiger partial charge on any atom is 0.234 e. The average Bonchev–Trinajstić information content (AvgIpc) is 2.61. The molecule has 0 radical (unpaired) electrons. The monoisotopic (exact) mass is 400 g/mol. The van der Waals surface area contributed by atoms with Crippen LogP contribution in [-0.4, -0.2) is 16.6 Å². The Morgan fingerprint density at radius 2 is 1.92 bits per heavy atom. The van der Waals surface area contributed by atoms with E-state index in [2.05, 4.69) is 40.3 Å². The summed E-state index contributed by atoms with van der Waals surface area (Å²) in [4.78, 5) is 16.9. The number of anilines is 1. The maximum absolute atomic E-state index is 12.2. The van der Waals surface area contributed by atoms with E-state index < -0.39 is 0 Å². The number of hydrogen-bond donors (Lipinski definition) is 1. The van der Waals surface area contributed by atoms with Gasteiger partial charge in [-0.25, -0.2) is 4.98 Å². The summed E-state index contributed by atoms with van der Waals surface area (Å²) in [5.41, 5.74) is 2.92. The van der Waals surface area contributed by atoms with Gasteiger partial charge in [0.25, 0.3) is 0 Å². The van der Waals surface area contributed by atoms with Crippen LogP contribution in [0.15, 0.2) is 64.1 Å². The number of rotatable bonds is 5. The molecule has 1 N–H and O–H groups in total. The summed E-state index contributed by atoms with van der Waals surface area (Å²) < 4.78 is 0.876. The maximum atomic E-state index is 12.2. The Balaban J connectivity index is 1.73. The molecular weight excluding hydrogens is 384 g/mol. The molecule has 1 aromatic heterocycles. The van der Waals surface area contributed by atoms with E-state index in [4.69, 9.17) is 4.98 Å². The number of fused-ring (bicyclic) bond motifs is 1. The first kappa shape index (κ1) is 17.0. The van der Waals surface area contributed by atoms with Gasteiger partial charge in [-0.1, -0.05) is 49.0 Å². The Morgan fingerprint density at radius 3 is 2.71 bits per heavy atom. The van der Waals surface area contributed by atoms with Gasteiger partial charge in [0.2, 0.25) is 5.91 Å². The number of nitrogens with one attached hydrogen (secondary N) is 1. The molecule has 0 atom stereocenters. The first-order valence-electron chi connectivity index (χ1n) is 7.73. The minimum atomic E-state index is -0.0380. The van der Waals surface area contributed by atoms with E-state index in [9.17, 15) is 4.79 Å². The average molecular weight is 401 g/mol. The molecule has 0 saturated carbocycles. The summed E-state index contributed by atoms with van der Waals surface area (Å²) in [5.74, 6) is 0.295. The SMILES string of the molecule is CCc1cc2ccccc2nc1SCC(=O)Nc1ccccc1Br. The number of para-hydroxylation sites is 2. The fraction of sp³-hybridized carbons (Fsp3) is 0.158. The third-order valence-corrected chi connectivity index (χ3v) is 5.36. The van der Waals surface area contributed by atoms with Crippen LogP contribution < -0.4 is 5.32 Å². The van der Waals surface area contributed by atoms with Crippen LogP contribution in [0.2, 0.25) is 0 Å². The molecule has 2 aromatic carbocycles. The van der Waals surface area contributed by atoms with E-state index >= 15 is 0 Å². The molecule has 0 aliphatic carbocycles. The number of benzene rings is 2. The standard InChI is InChI=1S/C19H17BrN2OS/c1-2-13-11-14-7-3-5-9-16(14)22-19(13)24-12-18(23)21-17-10-6-4-8-15(17)20/h3-11H,2,12H2,1H3,(H,21,23). The van der Waals surface area contributed by atoms with Gasteiger partial charge in [0.15, 0.2) is 0 Å². The second kappa shape index (κ2) is 7.81. The molecule has 1 amide bonds. The molecule has 3 nitrogen and oxygen atoms in total. The van der Waals surface area contributed by atoms with Crippen molar-refractivity contribution in [2.24, 2.45) is 0 Å². The van der Waals surface area contributed by atoms with Gasteiger partial charge < -0.3 is 5.32 Å². The second-order valence-electron chi connectivity index (χ2n) is 5.32. The third kappa shape index (κ3) is 3.97. The number of carbonyl (C=O) groups excluding carboxylic acids is 1. The van der Waals surface area contributed by atoms with Gasteiger partial charge in [-0.2, -0.15) is 0 Å². The normalized spacial score (nSPS) is 10.8. The van der Waals surface area contributed by atoms with Crippen LogP contribution in [0.5, 0.6) is 0 Å². The zero-order valence-corrected chi connectivity index (χ0v) is 15.7. The number of amides is 1. The number of thioether (sulfide) groups is 1. The lowest BCUT2D eigenvalue weighted by molar-refractivity contribution is -0.113. The smallest absolute Gasteiger partial charge is 0.234 e. The predicted octanol–water partition coefficient (Wildman–Crippen LogP) is 5.29. The van der Waals surface area contributed by atoms with Crippen LogP contribution in [0.25, 0.3) is 10.9 Å². The van der Waals surface area contributed by atoms with Gasteiger partial charge >= 0.3 is 0 Å². The van der Waals surface area contributed by atoms with E-state index in [1.807, 2.05) is 42.5 Å². The van der Waals surface area contributed by atoms with Crippen molar-refractivity contribution in [3.8, 4) is 0 Å². The van der Waals surface area contributed by atoms with Crippen molar-refractivity contribution >= 4 is 50.2 Å². The van der Waals surface area contributed by atoms with Gasteiger partial charge in [0.05, 0.1) is 17.0 Å². The number of aryl methyl sites for hydroxylation is 1. The summed E-state index contributed by atoms with van der Waals surface area (Å²) in [7, 11) is 0. The van der Waals surface area contributed by atoms with Crippen LogP contribution in [0.4, 0.5) is 5.69 Å². The lowest BCUT2D eigenvalue weighted by atomic mass is 10.1. The highest BCUT2D eigenvalue weighted by molar-refractivity contribution is 9.10. The highest BCUT2D eigenvalue weighted by atomic mass is 79.9. The van der Waals surface area contributed by atoms with E-state index in [1.165, 1.54) is 17.3 Å². The molecule has 0 aliphatic rings. The number of halogens is 1. The van der Waals surface area contributed by atoms with E-state index in [0.717, 1.165) is 32.5 Å². The van der Waals surface area contributed by atoms with E-state index in [1.54, 1.807) is 0 Å². The van der Waals surface area contributed by atoms with Crippen LogP contribution in [0.3, 0.4) is 0 Å². The number of carbonyl (C=O) groups is 1. The van der Waals surface area contributed by atoms with Crippen molar-refractivity contribution in [3.63, 3.8) is 0 Å². The Morgan fingerprint density at radius 1 is 1.17 bits per heavy atom. The molecule has 24 heavy (non-hydrogen) atoms. The van der Waals surface area contributed by atoms with Gasteiger partial charge in [0, 0.05) is 9.86 Å². The highest BCUT2D eigenvalue weighted by Crippen LogP contribution is 2.26. The van der Waals surface area contributed by atoms with Crippen molar-refractivity contribution in [2.45, 2.75) is 18.4 Å². The Bertz CT molecular complexity index is 882. The third-order valence-electron chi connectivity index (χ3n) is 3.63. The molecule has 0 saturated heterocycles. The summed E-state index contributed by atoms with van der Waals surface area (Å²) in [6, 6.07) is 17.8. The van der Waals surface area contributed by atoms with Crippen molar-refractivity contribution in [3.05, 3.63) is 64.6 Å². The van der Waals surface area contributed by atoms with Crippen molar-refractivity contribution in [2.75, 3.05) is 11.1 Å². The fourth-order valence-electron chi connectivity index (χ4n) is 2.40. The number of nitrogens with zero attached hydrogens (tertiary/aromatic N) is 1. The Labute approximate surface area is 154 Å². The van der Waals surface area contributed by atoms with Crippen LogP contribution in [0, 0.1) is 0 Å². The molecular formula is C19H17BrN2OS. The zero-order chi connectivity index (χ0) is 16.9. The lowest BCUT2D eigenvalue weighted by Crippen LogP contribution is -2.14. The van der Waals surface area contributed by atoms with Crippen LogP contribution in [-0.2, 0) is 11.2 Å². The predicted molar refractivity (Wildman–Crippen MR) is 105 cm³/mol. The summed E-state index contributed by atoms with van der Waals surface area (Å²) >= 11 is 4.92. The van der Waals surface area contributed by atoms with Crippen molar-refractivity contribution in [1.82, 2.24) is 4.98 Å². The fourth-order valence-corrected chi connectivity index (χ4v) is 3.68. The second-order valence-corrected chi connectivity index (χ2v) is 7.13. The number of aromatic nitrogens is 1. The lowest BCUT2D eigenvalue weighted by Gasteiger charge is -2.10. The highest BCUT2D eigenvalue weighted by Gasteiger charge is 2.10. The van der Waals surface area contributed by atoms with E-state index in [-0.39, 0.29) is 5.91 Å². The van der Waals surface area contributed by atoms with Gasteiger partial charge in [-0.15, -0.1) is 0 Å². The molecule has 3 rings (SSSR count). The topological polar surface area (TPSA) is 42.0 Å². The number of hydrogen-bond acceptors (Lipinski definition) is 3. The molecule has 3 aromatic rings. The molecule has 0 unspecified atom stereocenters. The largest absolute Gasteiger partial charge is 0.324 e. The minimum absolute atomic E-state index is 0.0380. The number of pyridine rings is 1. The molecule has 0 aliphatic heterocycles. The van der Waals surface area contributed by atoms with Gasteiger partial charge in [0.1, 0.15) is 5.03 Å². The van der Waals surface area contributed by atoms with Crippen molar-refractivity contribution in [1.29, 1.82) is 0 Å². The van der Waals surface area contributed by atoms with Crippen LogP contribution in [0.1, 0.15) is 12.5 Å². The van der Waals surface area contributed by atoms with E-state index in [0.29, 0.717) is 5.75 Å². The van der Waals surface area contributed by atoms with Gasteiger partial charge in [-0.3, -0.25) is 4.79 Å². The molecule has 0 spiro atoms. The molecule has 0 bridgehead atoms. The molecule has 122 valence electrons. The van der Waals surface area contributed by atoms with Crippen LogP contribution >= 0.6 is 27.7 Å². The molecule has 5 heteroatoms. The zero-order valence-electron chi connectivity index (χ0n) is 13.3. The summed E-state index contributed by atoms with van der Waals surface area (Å²) in [6.45, 7) is 2.11. The molecule has 0 fully saturated rings. The van der Waals surface area contributed by atoms with Gasteiger partial charge in [-0.05, 0) is 52.2 Å². The van der Waals surface area contributed by atoms with Crippen molar-refractivity contribution < 1.29 is 4.79 Å². The Hall–Kier alpha value is -1.85. The summed E-state index contributed by atoms with van der Waals surface area (Å²) in [5, 5.41) is 4.99. The molecule has 1 heterocycles. The Kier molecular flexibility index (Phi) is 5.53. The minimum Gasteiger partial charge on any atom is -0.324 e. The first-order valence-corrected chi connectivity index (χ1v) is 9.51.